The summed E-state index contributed by atoms with van der Waals surface area (Å²) in [5.41, 5.74) is -0.273. The number of fused-ring (bicyclic) bond motifs is 3. The molecule has 8 nitrogen and oxygen atoms in total. The van der Waals surface area contributed by atoms with E-state index in [9.17, 15) is 4.39 Å². The van der Waals surface area contributed by atoms with Crippen molar-refractivity contribution in [3.05, 3.63) is 15.3 Å². The number of piperidine rings is 1. The molecule has 3 unspecified atom stereocenters. The molecular weight excluding hydrogens is 598 g/mol. The number of hydrogen-bond acceptors (Lipinski definition) is 8. The van der Waals surface area contributed by atoms with Gasteiger partial charge in [-0.25, -0.2) is 8.78 Å². The van der Waals surface area contributed by atoms with E-state index in [0.29, 0.717) is 49.5 Å². The predicted molar refractivity (Wildman–Crippen MR) is 145 cm³/mol. The topological polar surface area (TPSA) is 69.2 Å². The summed E-state index contributed by atoms with van der Waals surface area (Å²) in [5, 5.41) is 0.595. The van der Waals surface area contributed by atoms with Crippen LogP contribution in [0.25, 0.3) is 10.9 Å². The molecule has 2 aromatic rings. The van der Waals surface area contributed by atoms with Crippen LogP contribution in [0.2, 0.25) is 5.02 Å². The van der Waals surface area contributed by atoms with Crippen molar-refractivity contribution in [1.82, 2.24) is 14.9 Å². The van der Waals surface area contributed by atoms with Gasteiger partial charge in [0.25, 0.3) is 0 Å². The Bertz CT molecular complexity index is 1270. The Labute approximate surface area is 239 Å². The summed E-state index contributed by atoms with van der Waals surface area (Å²) in [5.74, 6) is 0.316. The van der Waals surface area contributed by atoms with Crippen LogP contribution in [0.15, 0.2) is 4.47 Å². The molecule has 39 heavy (non-hydrogen) atoms. The summed E-state index contributed by atoms with van der Waals surface area (Å²) in [7, 11) is 0. The van der Waals surface area contributed by atoms with Gasteiger partial charge in [0.1, 0.15) is 35.7 Å². The molecule has 0 bridgehead atoms. The Morgan fingerprint density at radius 2 is 2.08 bits per heavy atom. The maximum atomic E-state index is 15.6. The first kappa shape index (κ1) is 26.4. The van der Waals surface area contributed by atoms with Crippen molar-refractivity contribution in [2.24, 2.45) is 0 Å². The van der Waals surface area contributed by atoms with Crippen LogP contribution >= 0.6 is 27.5 Å². The van der Waals surface area contributed by atoms with E-state index in [2.05, 4.69) is 30.7 Å². The molecule has 0 aliphatic carbocycles. The van der Waals surface area contributed by atoms with Crippen molar-refractivity contribution in [1.29, 1.82) is 0 Å². The van der Waals surface area contributed by atoms with E-state index in [-0.39, 0.29) is 51.6 Å². The average molecular weight is 630 g/mol. The van der Waals surface area contributed by atoms with Gasteiger partial charge in [-0.05, 0) is 67.4 Å². The second-order valence-electron chi connectivity index (χ2n) is 11.4. The van der Waals surface area contributed by atoms with E-state index in [4.69, 9.17) is 35.5 Å². The Morgan fingerprint density at radius 3 is 2.92 bits per heavy atom. The van der Waals surface area contributed by atoms with Crippen molar-refractivity contribution in [3.63, 3.8) is 0 Å². The van der Waals surface area contributed by atoms with E-state index in [1.165, 1.54) is 0 Å². The van der Waals surface area contributed by atoms with Crippen LogP contribution in [0.4, 0.5) is 14.6 Å². The fourth-order valence-corrected chi connectivity index (χ4v) is 7.65. The lowest BCUT2D eigenvalue weighted by Crippen LogP contribution is -2.49. The van der Waals surface area contributed by atoms with Crippen LogP contribution < -0.4 is 14.4 Å². The minimum absolute atomic E-state index is 0.0228. The average Bonchev–Trinajstić information content (AvgIpc) is 3.41. The van der Waals surface area contributed by atoms with Gasteiger partial charge in [-0.15, -0.1) is 0 Å². The second kappa shape index (κ2) is 10.4. The summed E-state index contributed by atoms with van der Waals surface area (Å²) in [6, 6.07) is 0.0179. The third-order valence-corrected chi connectivity index (χ3v) is 10.3. The van der Waals surface area contributed by atoms with Gasteiger partial charge in [-0.3, -0.25) is 4.90 Å². The van der Waals surface area contributed by atoms with E-state index < -0.39 is 12.0 Å². The smallest absolute Gasteiger partial charge is 0.319 e. The van der Waals surface area contributed by atoms with Gasteiger partial charge < -0.3 is 23.8 Å². The van der Waals surface area contributed by atoms with Crippen LogP contribution in [-0.2, 0) is 9.47 Å². The number of halogens is 4. The van der Waals surface area contributed by atoms with E-state index in [0.717, 1.165) is 51.7 Å². The van der Waals surface area contributed by atoms with E-state index in [1.54, 1.807) is 0 Å². The molecule has 4 fully saturated rings. The SMILES string of the molecule is Fc1c(Br)c(Cl)c2c3c(nc(OC[C@@]45CCCN4C[C@H](F)C5)nc13)N1CCC(OC3CCCCO3)CC1CO2. The van der Waals surface area contributed by atoms with Gasteiger partial charge >= 0.3 is 6.01 Å². The number of alkyl halides is 1. The highest BCUT2D eigenvalue weighted by Gasteiger charge is 2.49. The maximum absolute atomic E-state index is 15.6. The lowest BCUT2D eigenvalue weighted by molar-refractivity contribution is -0.193. The molecule has 4 saturated heterocycles. The largest absolute Gasteiger partial charge is 0.489 e. The Balaban J connectivity index is 1.21. The molecule has 0 N–H and O–H groups in total. The number of nitrogens with zero attached hydrogens (tertiary/aromatic N) is 4. The summed E-state index contributed by atoms with van der Waals surface area (Å²) < 4.78 is 54.5. The zero-order valence-corrected chi connectivity index (χ0v) is 24.0. The van der Waals surface area contributed by atoms with Crippen molar-refractivity contribution < 1.29 is 27.7 Å². The number of ether oxygens (including phenoxy) is 4. The highest BCUT2D eigenvalue weighted by molar-refractivity contribution is 9.10. The molecule has 5 aliphatic rings. The van der Waals surface area contributed by atoms with E-state index >= 15 is 4.39 Å². The number of anilines is 1. The van der Waals surface area contributed by atoms with Crippen molar-refractivity contribution in [2.75, 3.05) is 44.4 Å². The van der Waals surface area contributed by atoms with Crippen LogP contribution in [0.3, 0.4) is 0 Å². The third-order valence-electron chi connectivity index (χ3n) is 8.96. The van der Waals surface area contributed by atoms with Gasteiger partial charge in [-0.1, -0.05) is 11.6 Å². The zero-order chi connectivity index (χ0) is 26.7. The van der Waals surface area contributed by atoms with Crippen molar-refractivity contribution >= 4 is 44.3 Å². The normalized spacial score (nSPS) is 32.6. The van der Waals surface area contributed by atoms with Gasteiger partial charge in [0.05, 0.1) is 27.5 Å². The number of hydrogen-bond donors (Lipinski definition) is 0. The summed E-state index contributed by atoms with van der Waals surface area (Å²) in [6.45, 7) is 3.28. The number of aromatic nitrogens is 2. The summed E-state index contributed by atoms with van der Waals surface area (Å²) in [6.07, 6.45) is 5.86. The molecule has 0 saturated carbocycles. The van der Waals surface area contributed by atoms with Crippen molar-refractivity contribution in [2.45, 2.75) is 81.5 Å². The molecular formula is C27H32BrClF2N4O4. The van der Waals surface area contributed by atoms with Gasteiger partial charge in [0.15, 0.2) is 17.9 Å². The molecule has 1 aromatic carbocycles. The molecule has 0 radical (unpaired) electrons. The fraction of sp³-hybridized carbons (Fsp3) is 0.704. The van der Waals surface area contributed by atoms with Gasteiger partial charge in [0, 0.05) is 26.1 Å². The summed E-state index contributed by atoms with van der Waals surface area (Å²) >= 11 is 9.86. The lowest BCUT2D eigenvalue weighted by Gasteiger charge is -2.40. The predicted octanol–water partition coefficient (Wildman–Crippen LogP) is 5.41. The van der Waals surface area contributed by atoms with Crippen LogP contribution in [0.1, 0.15) is 51.4 Å². The molecule has 0 spiro atoms. The summed E-state index contributed by atoms with van der Waals surface area (Å²) in [4.78, 5) is 13.6. The molecule has 212 valence electrons. The highest BCUT2D eigenvalue weighted by atomic mass is 79.9. The Morgan fingerprint density at radius 1 is 1.18 bits per heavy atom. The maximum Gasteiger partial charge on any atom is 0.319 e. The molecule has 6 heterocycles. The third kappa shape index (κ3) is 4.66. The first-order valence-electron chi connectivity index (χ1n) is 14.0. The van der Waals surface area contributed by atoms with Crippen LogP contribution in [-0.4, -0.2) is 84.5 Å². The Kier molecular flexibility index (Phi) is 7.02. The quantitative estimate of drug-likeness (QED) is 0.407. The molecule has 1 aromatic heterocycles. The molecule has 7 rings (SSSR count). The standard InChI is InChI=1S/C27H32BrClF2N4O4/c28-20-21(29)24-19-23(22(20)31)32-26(38-14-27-6-3-7-34(27)12-15(30)11-27)33-25(19)35-8-5-17(10-16(35)13-37-24)39-18-4-1-2-9-36-18/h15-18H,1-14H2/t15-,16?,17?,18?,27+/m1/s1. The van der Waals surface area contributed by atoms with Crippen molar-refractivity contribution in [3.8, 4) is 11.8 Å². The van der Waals surface area contributed by atoms with Gasteiger partial charge in [0.2, 0.25) is 0 Å². The fourth-order valence-electron chi connectivity index (χ4n) is 7.05. The minimum Gasteiger partial charge on any atom is -0.489 e. The highest BCUT2D eigenvalue weighted by Crippen LogP contribution is 2.48. The molecule has 0 amide bonds. The molecule has 12 heteroatoms. The molecule has 5 aliphatic heterocycles. The number of rotatable bonds is 5. The van der Waals surface area contributed by atoms with Crippen LogP contribution in [0.5, 0.6) is 11.8 Å². The Hall–Kier alpha value is -1.53. The molecule has 5 atom stereocenters. The number of benzene rings is 1. The monoisotopic (exact) mass is 628 g/mol. The van der Waals surface area contributed by atoms with Crippen LogP contribution in [0, 0.1) is 5.82 Å². The van der Waals surface area contributed by atoms with E-state index in [1.807, 2.05) is 0 Å². The van der Waals surface area contributed by atoms with Gasteiger partial charge in [-0.2, -0.15) is 9.97 Å². The zero-order valence-electron chi connectivity index (χ0n) is 21.6. The first-order valence-corrected chi connectivity index (χ1v) is 15.2. The first-order chi connectivity index (χ1) is 18.9. The minimum atomic E-state index is -0.866. The second-order valence-corrected chi connectivity index (χ2v) is 12.6. The lowest BCUT2D eigenvalue weighted by atomic mass is 9.95.